The maximum atomic E-state index is 12.3. The molecule has 1 aliphatic rings. The number of ether oxygens (including phenoxy) is 1. The van der Waals surface area contributed by atoms with Gasteiger partial charge in [0.25, 0.3) is 0 Å². The first-order valence-electron chi connectivity index (χ1n) is 8.56. The van der Waals surface area contributed by atoms with E-state index in [4.69, 9.17) is 4.74 Å². The van der Waals surface area contributed by atoms with Gasteiger partial charge in [0, 0.05) is 19.3 Å². The molecule has 5 heteroatoms. The van der Waals surface area contributed by atoms with Crippen LogP contribution in [0, 0.1) is 12.8 Å². The molecule has 2 heterocycles. The van der Waals surface area contributed by atoms with Crippen molar-refractivity contribution in [1.29, 1.82) is 0 Å². The first-order valence-corrected chi connectivity index (χ1v) is 8.56. The summed E-state index contributed by atoms with van der Waals surface area (Å²) in [6.45, 7) is 9.65. The third-order valence-corrected chi connectivity index (χ3v) is 4.36. The molecule has 1 amide bonds. The van der Waals surface area contributed by atoms with Crippen molar-refractivity contribution in [3.05, 3.63) is 29.6 Å². The van der Waals surface area contributed by atoms with Crippen molar-refractivity contribution in [3.8, 4) is 0 Å². The fraction of sp³-hybridized carbons (Fsp3) is 0.667. The van der Waals surface area contributed by atoms with Gasteiger partial charge in [-0.1, -0.05) is 19.9 Å². The Morgan fingerprint density at radius 3 is 2.83 bits per heavy atom. The molecule has 2 rings (SSSR count). The zero-order chi connectivity index (χ0) is 16.8. The molecule has 0 unspecified atom stereocenters. The fourth-order valence-electron chi connectivity index (χ4n) is 2.93. The second-order valence-electron chi connectivity index (χ2n) is 6.70. The highest BCUT2D eigenvalue weighted by Crippen LogP contribution is 2.23. The van der Waals surface area contributed by atoms with Crippen LogP contribution in [0.2, 0.25) is 0 Å². The molecule has 0 radical (unpaired) electrons. The van der Waals surface area contributed by atoms with Gasteiger partial charge in [0.1, 0.15) is 0 Å². The predicted octanol–water partition coefficient (Wildman–Crippen LogP) is 2.36. The van der Waals surface area contributed by atoms with E-state index in [0.717, 1.165) is 30.7 Å². The van der Waals surface area contributed by atoms with E-state index < -0.39 is 0 Å². The zero-order valence-electron chi connectivity index (χ0n) is 14.6. The van der Waals surface area contributed by atoms with E-state index in [9.17, 15) is 4.79 Å². The average Bonchev–Trinajstić information content (AvgIpc) is 3.04. The second-order valence-corrected chi connectivity index (χ2v) is 6.70. The SMILES string of the molecule is Cc1cccnc1[C@H](N[C@@H](C)C(=O)NC[C@H]1CCCO1)C(C)C. The molecule has 0 bridgehead atoms. The van der Waals surface area contributed by atoms with Gasteiger partial charge in [0.15, 0.2) is 0 Å². The van der Waals surface area contributed by atoms with Crippen molar-refractivity contribution < 1.29 is 9.53 Å². The lowest BCUT2D eigenvalue weighted by molar-refractivity contribution is -0.123. The van der Waals surface area contributed by atoms with Crippen LogP contribution in [-0.2, 0) is 9.53 Å². The molecule has 1 saturated heterocycles. The molecule has 0 spiro atoms. The molecule has 2 N–H and O–H groups in total. The molecule has 1 aliphatic heterocycles. The van der Waals surface area contributed by atoms with E-state index in [0.29, 0.717) is 12.5 Å². The lowest BCUT2D eigenvalue weighted by Crippen LogP contribution is -2.46. The van der Waals surface area contributed by atoms with E-state index in [1.807, 2.05) is 19.2 Å². The summed E-state index contributed by atoms with van der Waals surface area (Å²) in [5, 5.41) is 6.42. The number of nitrogens with one attached hydrogen (secondary N) is 2. The van der Waals surface area contributed by atoms with E-state index in [-0.39, 0.29) is 24.1 Å². The van der Waals surface area contributed by atoms with Crippen LogP contribution in [0.3, 0.4) is 0 Å². The molecular weight excluding hydrogens is 290 g/mol. The molecule has 1 aromatic rings. The summed E-state index contributed by atoms with van der Waals surface area (Å²) >= 11 is 0. The highest BCUT2D eigenvalue weighted by Gasteiger charge is 2.24. The molecule has 0 aromatic carbocycles. The van der Waals surface area contributed by atoms with Crippen LogP contribution in [0.4, 0.5) is 0 Å². The van der Waals surface area contributed by atoms with Crippen molar-refractivity contribution in [2.45, 2.75) is 58.7 Å². The topological polar surface area (TPSA) is 63.2 Å². The standard InChI is InChI=1S/C18H29N3O2/c1-12(2)16(17-13(3)7-5-9-19-17)21-14(4)18(22)20-11-15-8-6-10-23-15/h5,7,9,12,14-16,21H,6,8,10-11H2,1-4H3,(H,20,22)/t14-,15+,16+/m0/s1. The van der Waals surface area contributed by atoms with Crippen molar-refractivity contribution in [2.75, 3.05) is 13.2 Å². The smallest absolute Gasteiger partial charge is 0.236 e. The van der Waals surface area contributed by atoms with Crippen LogP contribution in [0.15, 0.2) is 18.3 Å². The number of pyridine rings is 1. The van der Waals surface area contributed by atoms with Gasteiger partial charge in [-0.15, -0.1) is 0 Å². The van der Waals surface area contributed by atoms with Crippen LogP contribution >= 0.6 is 0 Å². The van der Waals surface area contributed by atoms with Gasteiger partial charge in [0.05, 0.1) is 23.9 Å². The fourth-order valence-corrected chi connectivity index (χ4v) is 2.93. The normalized spacial score (nSPS) is 20.5. The molecule has 0 aliphatic carbocycles. The van der Waals surface area contributed by atoms with Gasteiger partial charge < -0.3 is 10.1 Å². The third-order valence-electron chi connectivity index (χ3n) is 4.36. The highest BCUT2D eigenvalue weighted by molar-refractivity contribution is 5.81. The Morgan fingerprint density at radius 1 is 1.43 bits per heavy atom. The summed E-state index contributed by atoms with van der Waals surface area (Å²) in [4.78, 5) is 16.8. The van der Waals surface area contributed by atoms with Gasteiger partial charge in [-0.3, -0.25) is 15.1 Å². The lowest BCUT2D eigenvalue weighted by atomic mass is 9.96. The Morgan fingerprint density at radius 2 is 2.22 bits per heavy atom. The Balaban J connectivity index is 1.93. The number of hydrogen-bond donors (Lipinski definition) is 2. The van der Waals surface area contributed by atoms with Crippen LogP contribution in [-0.4, -0.2) is 36.2 Å². The number of hydrogen-bond acceptors (Lipinski definition) is 4. The van der Waals surface area contributed by atoms with Crippen molar-refractivity contribution in [1.82, 2.24) is 15.6 Å². The minimum absolute atomic E-state index is 0.0136. The summed E-state index contributed by atoms with van der Waals surface area (Å²) in [6, 6.07) is 3.78. The van der Waals surface area contributed by atoms with Crippen LogP contribution in [0.1, 0.15) is 50.9 Å². The summed E-state index contributed by atoms with van der Waals surface area (Å²) in [5.41, 5.74) is 2.16. The van der Waals surface area contributed by atoms with E-state index in [1.165, 1.54) is 0 Å². The number of rotatable bonds is 7. The monoisotopic (exact) mass is 319 g/mol. The molecule has 5 nitrogen and oxygen atoms in total. The van der Waals surface area contributed by atoms with Gasteiger partial charge >= 0.3 is 0 Å². The first kappa shape index (κ1) is 17.9. The Hall–Kier alpha value is -1.46. The van der Waals surface area contributed by atoms with Gasteiger partial charge in [-0.25, -0.2) is 0 Å². The summed E-state index contributed by atoms with van der Waals surface area (Å²) in [6.07, 6.45) is 4.10. The first-order chi connectivity index (χ1) is 11.0. The molecule has 1 aromatic heterocycles. The third kappa shape index (κ3) is 5.01. The van der Waals surface area contributed by atoms with E-state index >= 15 is 0 Å². The summed E-state index contributed by atoms with van der Waals surface area (Å²) in [5.74, 6) is 0.358. The van der Waals surface area contributed by atoms with Crippen LogP contribution in [0.25, 0.3) is 0 Å². The molecule has 23 heavy (non-hydrogen) atoms. The Bertz CT molecular complexity index is 513. The number of carbonyl (C=O) groups excluding carboxylic acids is 1. The molecule has 1 fully saturated rings. The largest absolute Gasteiger partial charge is 0.376 e. The highest BCUT2D eigenvalue weighted by atomic mass is 16.5. The molecule has 3 atom stereocenters. The number of nitrogens with zero attached hydrogens (tertiary/aromatic N) is 1. The molecule has 128 valence electrons. The Kier molecular flexibility index (Phi) is 6.54. The van der Waals surface area contributed by atoms with E-state index in [1.54, 1.807) is 0 Å². The number of aromatic nitrogens is 1. The maximum Gasteiger partial charge on any atom is 0.236 e. The minimum atomic E-state index is -0.273. The maximum absolute atomic E-state index is 12.3. The Labute approximate surface area is 139 Å². The number of aryl methyl sites for hydroxylation is 1. The van der Waals surface area contributed by atoms with Crippen molar-refractivity contribution in [3.63, 3.8) is 0 Å². The van der Waals surface area contributed by atoms with Crippen molar-refractivity contribution >= 4 is 5.91 Å². The lowest BCUT2D eigenvalue weighted by Gasteiger charge is -2.27. The summed E-state index contributed by atoms with van der Waals surface area (Å²) < 4.78 is 5.54. The average molecular weight is 319 g/mol. The number of carbonyl (C=O) groups is 1. The number of amides is 1. The molecule has 0 saturated carbocycles. The van der Waals surface area contributed by atoms with Crippen LogP contribution in [0.5, 0.6) is 0 Å². The summed E-state index contributed by atoms with van der Waals surface area (Å²) in [7, 11) is 0. The van der Waals surface area contributed by atoms with Gasteiger partial charge in [-0.05, 0) is 44.2 Å². The van der Waals surface area contributed by atoms with Crippen molar-refractivity contribution in [2.24, 2.45) is 5.92 Å². The van der Waals surface area contributed by atoms with Crippen LogP contribution < -0.4 is 10.6 Å². The predicted molar refractivity (Wildman–Crippen MR) is 91.1 cm³/mol. The minimum Gasteiger partial charge on any atom is -0.376 e. The van der Waals surface area contributed by atoms with Gasteiger partial charge in [0.2, 0.25) is 5.91 Å². The molecular formula is C18H29N3O2. The van der Waals surface area contributed by atoms with Gasteiger partial charge in [-0.2, -0.15) is 0 Å². The zero-order valence-corrected chi connectivity index (χ0v) is 14.6. The van der Waals surface area contributed by atoms with E-state index in [2.05, 4.69) is 42.5 Å². The quantitative estimate of drug-likeness (QED) is 0.810. The second kappa shape index (κ2) is 8.41.